The van der Waals surface area contributed by atoms with E-state index in [2.05, 4.69) is 39.8 Å². The first kappa shape index (κ1) is 11.7. The summed E-state index contributed by atoms with van der Waals surface area (Å²) in [6, 6.07) is 0. The summed E-state index contributed by atoms with van der Waals surface area (Å²) < 4.78 is 11.8. The van der Waals surface area contributed by atoms with Crippen LogP contribution in [-0.2, 0) is 9.47 Å². The molecule has 0 bridgehead atoms. The van der Waals surface area contributed by atoms with E-state index in [9.17, 15) is 0 Å². The van der Waals surface area contributed by atoms with Crippen molar-refractivity contribution in [3.05, 3.63) is 12.2 Å². The van der Waals surface area contributed by atoms with E-state index in [0.29, 0.717) is 12.2 Å². The number of hydrogen-bond acceptors (Lipinski definition) is 2. The third-order valence-corrected chi connectivity index (χ3v) is 4.78. The number of ether oxygens (including phenoxy) is 2. The Bertz CT molecular complexity index is 360. The minimum Gasteiger partial charge on any atom is -0.366 e. The first-order valence-corrected chi connectivity index (χ1v) is 6.86. The van der Waals surface area contributed by atoms with Gasteiger partial charge in [-0.3, -0.25) is 0 Å². The van der Waals surface area contributed by atoms with E-state index in [-0.39, 0.29) is 16.6 Å². The Labute approximate surface area is 104 Å². The van der Waals surface area contributed by atoms with E-state index in [4.69, 9.17) is 9.47 Å². The van der Waals surface area contributed by atoms with Crippen molar-refractivity contribution in [3.8, 4) is 0 Å². The number of fused-ring (bicyclic) bond motifs is 2. The molecule has 96 valence electrons. The van der Waals surface area contributed by atoms with Gasteiger partial charge in [-0.15, -0.1) is 0 Å². The maximum Gasteiger partial charge on any atom is 0.0954 e. The Hall–Kier alpha value is -0.340. The summed E-state index contributed by atoms with van der Waals surface area (Å²) >= 11 is 0. The van der Waals surface area contributed by atoms with Crippen molar-refractivity contribution in [2.75, 3.05) is 0 Å². The van der Waals surface area contributed by atoms with E-state index in [1.807, 2.05) is 0 Å². The van der Waals surface area contributed by atoms with Gasteiger partial charge in [0.05, 0.1) is 23.4 Å². The van der Waals surface area contributed by atoms with E-state index < -0.39 is 0 Å². The molecular weight excluding hydrogens is 212 g/mol. The average molecular weight is 236 g/mol. The van der Waals surface area contributed by atoms with Crippen LogP contribution in [0, 0.1) is 5.41 Å². The second-order valence-electron chi connectivity index (χ2n) is 7.18. The molecule has 2 heteroatoms. The summed E-state index contributed by atoms with van der Waals surface area (Å²) in [5.41, 5.74) is 0.480. The molecule has 2 saturated heterocycles. The zero-order valence-corrected chi connectivity index (χ0v) is 11.5. The molecular formula is C15H24O2. The highest BCUT2D eigenvalue weighted by atomic mass is 16.6. The topological polar surface area (TPSA) is 25.1 Å². The van der Waals surface area contributed by atoms with Gasteiger partial charge in [0.15, 0.2) is 0 Å². The predicted molar refractivity (Wildman–Crippen MR) is 67.9 cm³/mol. The van der Waals surface area contributed by atoms with Gasteiger partial charge in [0.2, 0.25) is 0 Å². The van der Waals surface area contributed by atoms with Gasteiger partial charge in [-0.05, 0) is 44.9 Å². The van der Waals surface area contributed by atoms with Gasteiger partial charge in [0, 0.05) is 0 Å². The number of hydrogen-bond donors (Lipinski definition) is 0. The minimum absolute atomic E-state index is 0.109. The molecule has 17 heavy (non-hydrogen) atoms. The summed E-state index contributed by atoms with van der Waals surface area (Å²) in [7, 11) is 0. The van der Waals surface area contributed by atoms with Gasteiger partial charge in [0.1, 0.15) is 0 Å². The van der Waals surface area contributed by atoms with Gasteiger partial charge in [-0.2, -0.15) is 0 Å². The Kier molecular flexibility index (Phi) is 2.32. The van der Waals surface area contributed by atoms with Crippen LogP contribution in [-0.4, -0.2) is 23.4 Å². The highest BCUT2D eigenvalue weighted by molar-refractivity contribution is 5.12. The fourth-order valence-electron chi connectivity index (χ4n) is 3.18. The molecule has 0 saturated carbocycles. The summed E-state index contributed by atoms with van der Waals surface area (Å²) in [5.74, 6) is 0. The molecule has 0 N–H and O–H groups in total. The van der Waals surface area contributed by atoms with Crippen LogP contribution in [0.2, 0.25) is 0 Å². The third kappa shape index (κ3) is 2.17. The standard InChI is InChI=1S/C15H24O2/c1-13(2)7-5-8-14(3)11(16-14)6-9-15(4)12(10-13)17-15/h5,7,11-12H,6,8-10H2,1-4H3/t11-,12+,14?,15?/m0/s1. The first-order chi connectivity index (χ1) is 7.83. The van der Waals surface area contributed by atoms with Gasteiger partial charge >= 0.3 is 0 Å². The number of allylic oxidation sites excluding steroid dienone is 1. The highest BCUT2D eigenvalue weighted by Gasteiger charge is 2.57. The second kappa shape index (κ2) is 3.36. The Balaban J connectivity index is 1.77. The van der Waals surface area contributed by atoms with Crippen molar-refractivity contribution < 1.29 is 9.47 Å². The van der Waals surface area contributed by atoms with E-state index >= 15 is 0 Å². The lowest BCUT2D eigenvalue weighted by Crippen LogP contribution is -2.17. The summed E-state index contributed by atoms with van der Waals surface area (Å²) in [5, 5.41) is 0. The third-order valence-electron chi connectivity index (χ3n) is 4.78. The van der Waals surface area contributed by atoms with Crippen molar-refractivity contribution in [2.45, 2.75) is 76.8 Å². The molecule has 3 rings (SSSR count). The zero-order chi connectivity index (χ0) is 12.3. The molecule has 0 radical (unpaired) electrons. The van der Waals surface area contributed by atoms with Crippen LogP contribution in [0.15, 0.2) is 12.2 Å². The van der Waals surface area contributed by atoms with Crippen molar-refractivity contribution in [1.82, 2.24) is 0 Å². The van der Waals surface area contributed by atoms with Gasteiger partial charge < -0.3 is 9.47 Å². The van der Waals surface area contributed by atoms with Crippen molar-refractivity contribution >= 4 is 0 Å². The molecule has 0 amide bonds. The van der Waals surface area contributed by atoms with Gasteiger partial charge in [-0.25, -0.2) is 0 Å². The molecule has 0 aromatic rings. The first-order valence-electron chi connectivity index (χ1n) is 6.86. The number of rotatable bonds is 0. The predicted octanol–water partition coefficient (Wildman–Crippen LogP) is 3.46. The molecule has 0 aromatic carbocycles. The molecule has 0 aromatic heterocycles. The van der Waals surface area contributed by atoms with Crippen LogP contribution in [0.4, 0.5) is 0 Å². The molecule has 2 unspecified atom stereocenters. The lowest BCUT2D eigenvalue weighted by atomic mass is 9.84. The maximum atomic E-state index is 5.92. The second-order valence-corrected chi connectivity index (χ2v) is 7.18. The van der Waals surface area contributed by atoms with Gasteiger partial charge in [-0.1, -0.05) is 26.0 Å². The molecule has 2 fully saturated rings. The normalized spacial score (nSPS) is 52.0. The molecule has 2 nitrogen and oxygen atoms in total. The Morgan fingerprint density at radius 3 is 2.47 bits per heavy atom. The molecule has 2 heterocycles. The smallest absolute Gasteiger partial charge is 0.0954 e. The minimum atomic E-state index is 0.109. The monoisotopic (exact) mass is 236 g/mol. The van der Waals surface area contributed by atoms with Crippen LogP contribution in [0.25, 0.3) is 0 Å². The van der Waals surface area contributed by atoms with E-state index in [1.54, 1.807) is 0 Å². The number of epoxide rings is 2. The molecule has 1 aliphatic carbocycles. The van der Waals surface area contributed by atoms with E-state index in [0.717, 1.165) is 25.7 Å². The van der Waals surface area contributed by atoms with Crippen molar-refractivity contribution in [2.24, 2.45) is 5.41 Å². The van der Waals surface area contributed by atoms with Crippen LogP contribution >= 0.6 is 0 Å². The average Bonchev–Trinajstić information content (AvgIpc) is 3.01. The Morgan fingerprint density at radius 2 is 1.71 bits per heavy atom. The fourth-order valence-corrected chi connectivity index (χ4v) is 3.18. The van der Waals surface area contributed by atoms with Crippen molar-refractivity contribution in [1.29, 1.82) is 0 Å². The fraction of sp³-hybridized carbons (Fsp3) is 0.867. The molecule has 3 aliphatic rings. The zero-order valence-electron chi connectivity index (χ0n) is 11.5. The summed E-state index contributed by atoms with van der Waals surface area (Å²) in [4.78, 5) is 0. The molecule has 2 aliphatic heterocycles. The largest absolute Gasteiger partial charge is 0.366 e. The summed E-state index contributed by atoms with van der Waals surface area (Å²) in [6.07, 6.45) is 10.1. The molecule has 4 atom stereocenters. The SMILES string of the molecule is CC1(C)C=CCC2(C)O[C@H]2CCC2(C)O[C@@H]2C1. The lowest BCUT2D eigenvalue weighted by molar-refractivity contribution is 0.267. The van der Waals surface area contributed by atoms with Crippen molar-refractivity contribution in [3.63, 3.8) is 0 Å². The quantitative estimate of drug-likeness (QED) is 0.475. The lowest BCUT2D eigenvalue weighted by Gasteiger charge is -2.19. The van der Waals surface area contributed by atoms with E-state index in [1.165, 1.54) is 0 Å². The van der Waals surface area contributed by atoms with Crippen LogP contribution in [0.1, 0.15) is 53.4 Å². The van der Waals surface area contributed by atoms with Gasteiger partial charge in [0.25, 0.3) is 0 Å². The van der Waals surface area contributed by atoms with Crippen LogP contribution in [0.5, 0.6) is 0 Å². The van der Waals surface area contributed by atoms with Crippen LogP contribution in [0.3, 0.4) is 0 Å². The summed E-state index contributed by atoms with van der Waals surface area (Å²) in [6.45, 7) is 9.10. The maximum absolute atomic E-state index is 5.92. The van der Waals surface area contributed by atoms with Crippen LogP contribution < -0.4 is 0 Å². The molecule has 0 spiro atoms. The Morgan fingerprint density at radius 1 is 1.00 bits per heavy atom. The highest BCUT2D eigenvalue weighted by Crippen LogP contribution is 2.51.